The number of likely N-dealkylation sites (N-methyl/N-ethyl adjacent to an activating group) is 1. The lowest BCUT2D eigenvalue weighted by atomic mass is 9.92. The van der Waals surface area contributed by atoms with Gasteiger partial charge in [0.15, 0.2) is 0 Å². The average Bonchev–Trinajstić information content (AvgIpc) is 2.36. The van der Waals surface area contributed by atoms with Crippen molar-refractivity contribution in [2.75, 3.05) is 7.05 Å². The van der Waals surface area contributed by atoms with Crippen LogP contribution in [0.5, 0.6) is 0 Å². The minimum atomic E-state index is -0.479. The first-order valence-corrected chi connectivity index (χ1v) is 5.11. The van der Waals surface area contributed by atoms with E-state index in [9.17, 15) is 14.5 Å². The number of nitrogens with zero attached hydrogens (tertiary/aromatic N) is 2. The Morgan fingerprint density at radius 3 is 2.18 bits per heavy atom. The Hall–Kier alpha value is -2.01. The third-order valence-electron chi connectivity index (χ3n) is 2.48. The molecule has 0 saturated heterocycles. The van der Waals surface area contributed by atoms with E-state index in [-0.39, 0.29) is 21.9 Å². The van der Waals surface area contributed by atoms with Crippen LogP contribution in [0.3, 0.4) is 0 Å². The first-order valence-electron chi connectivity index (χ1n) is 4.73. The molecule has 1 aliphatic rings. The van der Waals surface area contributed by atoms with Crippen molar-refractivity contribution in [1.29, 1.82) is 0 Å². The second kappa shape index (κ2) is 4.10. The smallest absolute Gasteiger partial charge is 0.213 e. The quantitative estimate of drug-likeness (QED) is 0.596. The molecule has 0 heterocycles. The van der Waals surface area contributed by atoms with E-state index in [2.05, 4.69) is 5.29 Å². The Morgan fingerprint density at radius 2 is 1.65 bits per heavy atom. The Bertz CT molecular complexity index is 566. The Balaban J connectivity index is 2.66. The summed E-state index contributed by atoms with van der Waals surface area (Å²) in [5, 5.41) is 3.07. The number of fused-ring (bicyclic) bond motifs is 1. The fourth-order valence-electron chi connectivity index (χ4n) is 1.66. The van der Waals surface area contributed by atoms with E-state index < -0.39 is 11.6 Å². The molecule has 0 unspecified atom stereocenters. The van der Waals surface area contributed by atoms with Crippen LogP contribution < -0.4 is 0 Å². The molecule has 1 aliphatic carbocycles. The Morgan fingerprint density at radius 1 is 1.12 bits per heavy atom. The third kappa shape index (κ3) is 1.64. The lowest BCUT2D eigenvalue weighted by molar-refractivity contribution is 0.0954. The Kier molecular flexibility index (Phi) is 2.77. The number of rotatable bonds is 2. The molecule has 0 atom stereocenters. The van der Waals surface area contributed by atoms with Gasteiger partial charge in [0.25, 0.3) is 0 Å². The van der Waals surface area contributed by atoms with Crippen LogP contribution in [-0.2, 0) is 0 Å². The van der Waals surface area contributed by atoms with E-state index in [0.29, 0.717) is 0 Å². The summed E-state index contributed by atoms with van der Waals surface area (Å²) in [6.45, 7) is 0. The van der Waals surface area contributed by atoms with Crippen LogP contribution in [0.2, 0.25) is 0 Å². The largest absolute Gasteiger partial charge is 0.287 e. The fraction of sp³-hybridized carbons (Fsp3) is 0.0909. The van der Waals surface area contributed by atoms with Crippen LogP contribution in [0.1, 0.15) is 20.7 Å². The number of carbonyl (C=O) groups is 2. The van der Waals surface area contributed by atoms with Crippen molar-refractivity contribution >= 4 is 23.2 Å². The van der Waals surface area contributed by atoms with Gasteiger partial charge in [0.2, 0.25) is 11.6 Å². The first-order chi connectivity index (χ1) is 8.07. The van der Waals surface area contributed by atoms with E-state index in [4.69, 9.17) is 11.6 Å². The summed E-state index contributed by atoms with van der Waals surface area (Å²) in [5.74, 6) is -0.959. The molecule has 0 saturated carbocycles. The number of Topliss-reactive ketones (excluding diaryl/α,β-unsaturated/α-hetero) is 2. The molecule has 0 fully saturated rings. The van der Waals surface area contributed by atoms with Crippen LogP contribution in [0, 0.1) is 4.91 Å². The van der Waals surface area contributed by atoms with Crippen molar-refractivity contribution in [2.45, 2.75) is 0 Å². The van der Waals surface area contributed by atoms with E-state index in [1.54, 1.807) is 12.1 Å². The molecule has 5 nitrogen and oxygen atoms in total. The molecule has 1 aromatic rings. The van der Waals surface area contributed by atoms with Gasteiger partial charge >= 0.3 is 0 Å². The second-order valence-corrected chi connectivity index (χ2v) is 3.85. The third-order valence-corrected chi connectivity index (χ3v) is 2.84. The normalized spacial score (nSPS) is 14.7. The van der Waals surface area contributed by atoms with Crippen LogP contribution in [-0.4, -0.2) is 23.6 Å². The molecule has 0 radical (unpaired) electrons. The molecule has 2 rings (SSSR count). The van der Waals surface area contributed by atoms with E-state index in [1.165, 1.54) is 19.2 Å². The second-order valence-electron chi connectivity index (χ2n) is 3.47. The lowest BCUT2D eigenvalue weighted by Crippen LogP contribution is -2.27. The molecule has 0 amide bonds. The van der Waals surface area contributed by atoms with Crippen LogP contribution in [0.15, 0.2) is 40.3 Å². The Labute approximate surface area is 102 Å². The molecule has 0 spiro atoms. The van der Waals surface area contributed by atoms with Gasteiger partial charge in [-0.25, -0.2) is 5.01 Å². The molecule has 1 aromatic carbocycles. The minimum absolute atomic E-state index is 0.189. The zero-order chi connectivity index (χ0) is 12.6. The van der Waals surface area contributed by atoms with Crippen molar-refractivity contribution in [1.82, 2.24) is 5.01 Å². The topological polar surface area (TPSA) is 66.8 Å². The number of carbonyl (C=O) groups excluding carboxylic acids is 2. The summed E-state index contributed by atoms with van der Waals surface area (Å²) in [7, 11) is 1.27. The van der Waals surface area contributed by atoms with Gasteiger partial charge in [0.1, 0.15) is 10.7 Å². The first kappa shape index (κ1) is 11.5. The van der Waals surface area contributed by atoms with Gasteiger partial charge in [-0.3, -0.25) is 9.59 Å². The predicted octanol–water partition coefficient (Wildman–Crippen LogP) is 2.13. The molecule has 0 N–H and O–H groups in total. The minimum Gasteiger partial charge on any atom is -0.287 e. The molecular formula is C11H7ClN2O3. The van der Waals surface area contributed by atoms with Crippen LogP contribution >= 0.6 is 11.6 Å². The van der Waals surface area contributed by atoms with E-state index >= 15 is 0 Å². The molecule has 86 valence electrons. The van der Waals surface area contributed by atoms with Crippen molar-refractivity contribution in [3.63, 3.8) is 0 Å². The number of halogens is 1. The maximum Gasteiger partial charge on any atom is 0.213 e. The van der Waals surface area contributed by atoms with Gasteiger partial charge in [-0.2, -0.15) is 0 Å². The lowest BCUT2D eigenvalue weighted by Gasteiger charge is -2.20. The summed E-state index contributed by atoms with van der Waals surface area (Å²) < 4.78 is 0. The van der Waals surface area contributed by atoms with Gasteiger partial charge in [-0.15, -0.1) is 4.91 Å². The van der Waals surface area contributed by atoms with E-state index in [1.807, 2.05) is 0 Å². The number of benzene rings is 1. The molecule has 0 bridgehead atoms. The van der Waals surface area contributed by atoms with E-state index in [0.717, 1.165) is 5.01 Å². The zero-order valence-corrected chi connectivity index (χ0v) is 9.56. The number of nitroso groups, excluding NO2 is 1. The summed E-state index contributed by atoms with van der Waals surface area (Å²) in [4.78, 5) is 34.4. The number of ketones is 2. The van der Waals surface area contributed by atoms with Crippen LogP contribution in [0.4, 0.5) is 0 Å². The number of hydrogen-bond acceptors (Lipinski definition) is 4. The van der Waals surface area contributed by atoms with Crippen molar-refractivity contribution in [3.05, 3.63) is 51.0 Å². The summed E-state index contributed by atoms with van der Waals surface area (Å²) in [6.07, 6.45) is 0. The summed E-state index contributed by atoms with van der Waals surface area (Å²) in [5.41, 5.74) is 0.281. The van der Waals surface area contributed by atoms with Gasteiger partial charge in [0, 0.05) is 18.2 Å². The average molecular weight is 251 g/mol. The highest BCUT2D eigenvalue weighted by atomic mass is 35.5. The SMILES string of the molecule is CN(N=O)C1=C(Cl)C(=O)c2ccccc2C1=O. The zero-order valence-electron chi connectivity index (χ0n) is 8.81. The fourth-order valence-corrected chi connectivity index (χ4v) is 1.97. The molecule has 17 heavy (non-hydrogen) atoms. The highest BCUT2D eigenvalue weighted by Gasteiger charge is 2.33. The van der Waals surface area contributed by atoms with Gasteiger partial charge in [0.05, 0.1) is 5.29 Å². The van der Waals surface area contributed by atoms with Crippen molar-refractivity contribution < 1.29 is 9.59 Å². The molecular weight excluding hydrogens is 244 g/mol. The predicted molar refractivity (Wildman–Crippen MR) is 61.5 cm³/mol. The van der Waals surface area contributed by atoms with Crippen molar-refractivity contribution in [2.24, 2.45) is 5.29 Å². The van der Waals surface area contributed by atoms with Crippen LogP contribution in [0.25, 0.3) is 0 Å². The molecule has 0 aliphatic heterocycles. The highest BCUT2D eigenvalue weighted by molar-refractivity contribution is 6.49. The number of allylic oxidation sites excluding steroid dienone is 2. The summed E-state index contributed by atoms with van der Waals surface area (Å²) >= 11 is 5.80. The molecule has 0 aromatic heterocycles. The molecule has 6 heteroatoms. The highest BCUT2D eigenvalue weighted by Crippen LogP contribution is 2.29. The van der Waals surface area contributed by atoms with Crippen molar-refractivity contribution in [3.8, 4) is 0 Å². The van der Waals surface area contributed by atoms with Gasteiger partial charge in [-0.05, 0) is 0 Å². The summed E-state index contributed by atoms with van der Waals surface area (Å²) in [6, 6.07) is 6.30. The maximum absolute atomic E-state index is 12.0. The van der Waals surface area contributed by atoms with Gasteiger partial charge < -0.3 is 0 Å². The standard InChI is InChI=1S/C11H7ClN2O3/c1-14(13-17)9-8(12)10(15)6-4-2-3-5-7(6)11(9)16/h2-5H,1H3. The maximum atomic E-state index is 12.0. The van der Waals surface area contributed by atoms with Gasteiger partial charge in [-0.1, -0.05) is 35.9 Å². The monoisotopic (exact) mass is 250 g/mol. The number of hydrogen-bond donors (Lipinski definition) is 0.